The SMILES string of the molecule is c1ccc2c(c1)-n1ccc3cccc(c31)C2(c1ccc(-n2c3ccccc3c3ccccc32)cc1)c1ccc(-n2c3ccccc3c3ccccc32)cc1. The molecular weight excluding hydrogens is 655 g/mol. The number of nitrogens with zero attached hydrogens (tertiary/aromatic N) is 3. The molecule has 0 saturated heterocycles. The van der Waals surface area contributed by atoms with Crippen LogP contribution < -0.4 is 0 Å². The fourth-order valence-electron chi connectivity index (χ4n) is 9.75. The molecular formula is C51H33N3. The van der Waals surface area contributed by atoms with Gasteiger partial charge in [-0.1, -0.05) is 133 Å². The molecule has 0 saturated carbocycles. The van der Waals surface area contributed by atoms with Crippen molar-refractivity contribution in [3.05, 3.63) is 223 Å². The molecule has 11 aromatic rings. The number of hydrogen-bond acceptors (Lipinski definition) is 0. The van der Waals surface area contributed by atoms with E-state index in [2.05, 4.69) is 214 Å². The Balaban J connectivity index is 1.12. The molecule has 12 rings (SSSR count). The molecule has 0 unspecified atom stereocenters. The quantitative estimate of drug-likeness (QED) is 0.175. The molecule has 0 amide bonds. The summed E-state index contributed by atoms with van der Waals surface area (Å²) >= 11 is 0. The van der Waals surface area contributed by atoms with Gasteiger partial charge in [-0.3, -0.25) is 0 Å². The molecule has 0 radical (unpaired) electrons. The predicted molar refractivity (Wildman–Crippen MR) is 224 cm³/mol. The van der Waals surface area contributed by atoms with Gasteiger partial charge < -0.3 is 13.7 Å². The van der Waals surface area contributed by atoms with Crippen LogP contribution in [0.1, 0.15) is 22.3 Å². The van der Waals surface area contributed by atoms with Crippen molar-refractivity contribution < 1.29 is 0 Å². The highest BCUT2D eigenvalue weighted by Gasteiger charge is 2.44. The number of hydrogen-bond donors (Lipinski definition) is 0. The first kappa shape index (κ1) is 29.5. The summed E-state index contributed by atoms with van der Waals surface area (Å²) in [5, 5.41) is 6.32. The minimum absolute atomic E-state index is 0.566. The van der Waals surface area contributed by atoms with Crippen LogP contribution in [0.2, 0.25) is 0 Å². The number of rotatable bonds is 4. The van der Waals surface area contributed by atoms with Gasteiger partial charge in [-0.2, -0.15) is 0 Å². The third-order valence-corrected chi connectivity index (χ3v) is 12.0. The van der Waals surface area contributed by atoms with Crippen molar-refractivity contribution in [1.29, 1.82) is 0 Å². The molecule has 0 fully saturated rings. The maximum Gasteiger partial charge on any atom is 0.0742 e. The van der Waals surface area contributed by atoms with Crippen LogP contribution in [0.15, 0.2) is 200 Å². The second-order valence-corrected chi connectivity index (χ2v) is 14.5. The molecule has 0 atom stereocenters. The Morgan fingerprint density at radius 1 is 0.333 bits per heavy atom. The Morgan fingerprint density at radius 3 is 1.26 bits per heavy atom. The van der Waals surface area contributed by atoms with E-state index in [1.54, 1.807) is 0 Å². The Bertz CT molecular complexity index is 3000. The molecule has 8 aromatic carbocycles. The Hall–Kier alpha value is -7.10. The van der Waals surface area contributed by atoms with Crippen LogP contribution in [0.25, 0.3) is 71.6 Å². The summed E-state index contributed by atoms with van der Waals surface area (Å²) in [4.78, 5) is 0. The Kier molecular flexibility index (Phi) is 5.98. The van der Waals surface area contributed by atoms with E-state index in [1.165, 1.54) is 82.5 Å². The molecule has 3 aromatic heterocycles. The number of aromatic nitrogens is 3. The van der Waals surface area contributed by atoms with Crippen molar-refractivity contribution in [2.45, 2.75) is 5.41 Å². The van der Waals surface area contributed by atoms with Crippen molar-refractivity contribution in [3.8, 4) is 17.1 Å². The first-order chi connectivity index (χ1) is 26.8. The van der Waals surface area contributed by atoms with Crippen LogP contribution in [0.4, 0.5) is 0 Å². The molecule has 252 valence electrons. The topological polar surface area (TPSA) is 14.8 Å². The summed E-state index contributed by atoms with van der Waals surface area (Å²) in [5.41, 5.74) is 14.1. The number of para-hydroxylation sites is 6. The minimum Gasteiger partial charge on any atom is -0.316 e. The van der Waals surface area contributed by atoms with Crippen molar-refractivity contribution >= 4 is 54.5 Å². The van der Waals surface area contributed by atoms with E-state index >= 15 is 0 Å². The van der Waals surface area contributed by atoms with Crippen LogP contribution in [0.3, 0.4) is 0 Å². The summed E-state index contributed by atoms with van der Waals surface area (Å²) in [7, 11) is 0. The summed E-state index contributed by atoms with van der Waals surface area (Å²) in [6, 6.07) is 71.7. The van der Waals surface area contributed by atoms with Crippen LogP contribution in [-0.4, -0.2) is 13.7 Å². The normalized spacial score (nSPS) is 13.3. The van der Waals surface area contributed by atoms with E-state index in [1.807, 2.05) is 0 Å². The average Bonchev–Trinajstić information content (AvgIpc) is 3.93. The minimum atomic E-state index is -0.566. The smallest absolute Gasteiger partial charge is 0.0742 e. The standard InChI is InChI=1S/C51H33N3/c1-6-19-45-39(13-1)40-14-2-7-20-46(40)53(45)37-28-24-35(25-29-37)51(43-17-5-10-23-49(43)52-33-32-34-12-11-18-44(51)50(34)52)36-26-30-38(31-27-36)54-47-21-8-3-15-41(47)42-16-4-9-22-48(42)54/h1-33H. The van der Waals surface area contributed by atoms with E-state index in [9.17, 15) is 0 Å². The summed E-state index contributed by atoms with van der Waals surface area (Å²) < 4.78 is 7.20. The van der Waals surface area contributed by atoms with Crippen molar-refractivity contribution in [1.82, 2.24) is 13.7 Å². The highest BCUT2D eigenvalue weighted by atomic mass is 15.0. The third kappa shape index (κ3) is 3.80. The zero-order valence-electron chi connectivity index (χ0n) is 29.4. The first-order valence-corrected chi connectivity index (χ1v) is 18.7. The summed E-state index contributed by atoms with van der Waals surface area (Å²) in [5.74, 6) is 0. The fourth-order valence-corrected chi connectivity index (χ4v) is 9.75. The van der Waals surface area contributed by atoms with Gasteiger partial charge in [-0.05, 0) is 82.9 Å². The average molecular weight is 688 g/mol. The number of fused-ring (bicyclic) bond motifs is 8. The van der Waals surface area contributed by atoms with Crippen LogP contribution in [0, 0.1) is 0 Å². The van der Waals surface area contributed by atoms with E-state index < -0.39 is 5.41 Å². The second kappa shape index (κ2) is 11.0. The summed E-state index contributed by atoms with van der Waals surface area (Å²) in [6.45, 7) is 0. The second-order valence-electron chi connectivity index (χ2n) is 14.5. The lowest BCUT2D eigenvalue weighted by atomic mass is 9.63. The predicted octanol–water partition coefficient (Wildman–Crippen LogP) is 12.5. The van der Waals surface area contributed by atoms with E-state index in [0.717, 1.165) is 11.4 Å². The van der Waals surface area contributed by atoms with Crippen LogP contribution in [-0.2, 0) is 5.41 Å². The fraction of sp³-hybridized carbons (Fsp3) is 0.0196. The molecule has 1 aliphatic rings. The van der Waals surface area contributed by atoms with E-state index in [0.29, 0.717) is 0 Å². The third-order valence-electron chi connectivity index (χ3n) is 12.0. The highest BCUT2D eigenvalue weighted by molar-refractivity contribution is 6.10. The van der Waals surface area contributed by atoms with Gasteiger partial charge in [0.15, 0.2) is 0 Å². The lowest BCUT2D eigenvalue weighted by Gasteiger charge is -2.41. The lowest BCUT2D eigenvalue weighted by Crippen LogP contribution is -2.35. The Labute approximate surface area is 312 Å². The highest BCUT2D eigenvalue weighted by Crippen LogP contribution is 2.53. The molecule has 3 nitrogen and oxygen atoms in total. The van der Waals surface area contributed by atoms with Gasteiger partial charge >= 0.3 is 0 Å². The van der Waals surface area contributed by atoms with E-state index in [4.69, 9.17) is 0 Å². The molecule has 0 aliphatic carbocycles. The molecule has 4 heterocycles. The Morgan fingerprint density at radius 2 is 0.759 bits per heavy atom. The van der Waals surface area contributed by atoms with Crippen molar-refractivity contribution in [2.24, 2.45) is 0 Å². The van der Waals surface area contributed by atoms with Gasteiger partial charge in [0.25, 0.3) is 0 Å². The lowest BCUT2D eigenvalue weighted by molar-refractivity contribution is 0.724. The van der Waals surface area contributed by atoms with Crippen molar-refractivity contribution in [2.75, 3.05) is 0 Å². The maximum atomic E-state index is 2.41. The monoisotopic (exact) mass is 687 g/mol. The molecule has 3 heteroatoms. The molecule has 1 aliphatic heterocycles. The molecule has 54 heavy (non-hydrogen) atoms. The van der Waals surface area contributed by atoms with Crippen molar-refractivity contribution in [3.63, 3.8) is 0 Å². The molecule has 0 bridgehead atoms. The van der Waals surface area contributed by atoms with Gasteiger partial charge in [0.05, 0.1) is 38.7 Å². The zero-order chi connectivity index (χ0) is 35.4. The van der Waals surface area contributed by atoms with Crippen LogP contribution >= 0.6 is 0 Å². The van der Waals surface area contributed by atoms with Crippen LogP contribution in [0.5, 0.6) is 0 Å². The van der Waals surface area contributed by atoms with E-state index in [-0.39, 0.29) is 0 Å². The van der Waals surface area contributed by atoms with Gasteiger partial charge in [-0.25, -0.2) is 0 Å². The first-order valence-electron chi connectivity index (χ1n) is 18.7. The van der Waals surface area contributed by atoms with Gasteiger partial charge in [0.1, 0.15) is 0 Å². The maximum absolute atomic E-state index is 2.41. The molecule has 0 spiro atoms. The van der Waals surface area contributed by atoms with Gasteiger partial charge in [-0.15, -0.1) is 0 Å². The summed E-state index contributed by atoms with van der Waals surface area (Å²) in [6.07, 6.45) is 2.23. The zero-order valence-corrected chi connectivity index (χ0v) is 29.4. The van der Waals surface area contributed by atoms with Gasteiger partial charge in [0, 0.05) is 44.5 Å². The molecule has 0 N–H and O–H groups in total. The van der Waals surface area contributed by atoms with Gasteiger partial charge in [0.2, 0.25) is 0 Å². The number of benzene rings is 8. The largest absolute Gasteiger partial charge is 0.316 e.